The number of sulfonamides is 1. The monoisotopic (exact) mass is 575 g/mol. The Labute approximate surface area is 233 Å². The summed E-state index contributed by atoms with van der Waals surface area (Å²) in [7, 11) is -2.82. The molecule has 0 spiro atoms. The van der Waals surface area contributed by atoms with Crippen LogP contribution in [0.1, 0.15) is 25.8 Å². The molecule has 0 bridgehead atoms. The molecule has 3 rings (SSSR count). The first-order valence-electron chi connectivity index (χ1n) is 12.3. The molecule has 0 fully saturated rings. The van der Waals surface area contributed by atoms with Gasteiger partial charge >= 0.3 is 0 Å². The minimum Gasteiger partial charge on any atom is -0.495 e. The van der Waals surface area contributed by atoms with Crippen molar-refractivity contribution in [1.82, 2.24) is 10.2 Å². The summed E-state index contributed by atoms with van der Waals surface area (Å²) in [6, 6.07) is 16.9. The minimum absolute atomic E-state index is 0.0425. The standard InChI is InChI=1S/C28H31ClFN3O5S/c1-4-16-31-28(35)20(2)32(18-21-10-8-9-13-25(21)30)27(34)19-33(22-14-15-26(38-3)24(29)17-22)39(36,37)23-11-6-5-7-12-23/h5-15,17,20H,4,16,18-19H2,1-3H3,(H,31,35)/t20-/m1/s1. The molecule has 0 radical (unpaired) electrons. The fraction of sp³-hybridized carbons (Fsp3) is 0.286. The number of carbonyl (C=O) groups is 2. The minimum atomic E-state index is -4.25. The topological polar surface area (TPSA) is 96.0 Å². The van der Waals surface area contributed by atoms with Crippen LogP contribution in [0.2, 0.25) is 5.02 Å². The number of hydrogen-bond acceptors (Lipinski definition) is 5. The van der Waals surface area contributed by atoms with Gasteiger partial charge in [0, 0.05) is 18.7 Å². The Morgan fingerprint density at radius 1 is 1.05 bits per heavy atom. The molecule has 3 aromatic rings. The fourth-order valence-electron chi connectivity index (χ4n) is 3.85. The van der Waals surface area contributed by atoms with E-state index < -0.39 is 40.2 Å². The molecule has 208 valence electrons. The predicted octanol–water partition coefficient (Wildman–Crippen LogP) is 4.63. The van der Waals surface area contributed by atoms with E-state index in [0.29, 0.717) is 18.7 Å². The molecule has 0 aliphatic heterocycles. The van der Waals surface area contributed by atoms with E-state index in [1.165, 1.54) is 67.5 Å². The number of nitrogens with zero attached hydrogens (tertiary/aromatic N) is 2. The molecule has 8 nitrogen and oxygen atoms in total. The number of hydrogen-bond donors (Lipinski definition) is 1. The van der Waals surface area contributed by atoms with Crippen LogP contribution in [-0.2, 0) is 26.2 Å². The van der Waals surface area contributed by atoms with Gasteiger partial charge in [-0.25, -0.2) is 12.8 Å². The van der Waals surface area contributed by atoms with Gasteiger partial charge in [-0.05, 0) is 49.7 Å². The molecule has 0 aliphatic rings. The predicted molar refractivity (Wildman–Crippen MR) is 149 cm³/mol. The number of nitrogens with one attached hydrogen (secondary N) is 1. The Balaban J connectivity index is 2.05. The maximum absolute atomic E-state index is 14.6. The van der Waals surface area contributed by atoms with Gasteiger partial charge < -0.3 is 15.0 Å². The zero-order valence-corrected chi connectivity index (χ0v) is 23.5. The van der Waals surface area contributed by atoms with Crippen LogP contribution >= 0.6 is 11.6 Å². The highest BCUT2D eigenvalue weighted by Gasteiger charge is 2.33. The highest BCUT2D eigenvalue weighted by Crippen LogP contribution is 2.32. The molecule has 0 aliphatic carbocycles. The molecular weight excluding hydrogens is 545 g/mol. The van der Waals surface area contributed by atoms with Gasteiger partial charge in [0.25, 0.3) is 10.0 Å². The Hall–Kier alpha value is -3.63. The van der Waals surface area contributed by atoms with Crippen LogP contribution in [0.5, 0.6) is 5.75 Å². The van der Waals surface area contributed by atoms with Gasteiger partial charge in [-0.3, -0.25) is 13.9 Å². The first-order valence-corrected chi connectivity index (χ1v) is 14.1. The van der Waals surface area contributed by atoms with Crippen molar-refractivity contribution in [3.8, 4) is 5.75 Å². The second kappa shape index (κ2) is 13.4. The molecule has 1 atom stereocenters. The van der Waals surface area contributed by atoms with Crippen molar-refractivity contribution >= 4 is 39.1 Å². The summed E-state index contributed by atoms with van der Waals surface area (Å²) in [5, 5.41) is 2.88. The molecule has 0 unspecified atom stereocenters. The normalized spacial score (nSPS) is 11.9. The summed E-state index contributed by atoms with van der Waals surface area (Å²) in [4.78, 5) is 27.8. The third kappa shape index (κ3) is 7.27. The second-order valence-electron chi connectivity index (χ2n) is 8.72. The van der Waals surface area contributed by atoms with Crippen molar-refractivity contribution in [3.63, 3.8) is 0 Å². The number of halogens is 2. The average Bonchev–Trinajstić information content (AvgIpc) is 2.94. The maximum Gasteiger partial charge on any atom is 0.264 e. The summed E-state index contributed by atoms with van der Waals surface area (Å²) in [5.74, 6) is -1.37. The zero-order valence-electron chi connectivity index (χ0n) is 21.9. The number of amides is 2. The number of rotatable bonds is 12. The second-order valence-corrected chi connectivity index (χ2v) is 11.0. The molecule has 0 saturated heterocycles. The molecule has 0 saturated carbocycles. The van der Waals surface area contributed by atoms with E-state index in [1.807, 2.05) is 6.92 Å². The largest absolute Gasteiger partial charge is 0.495 e. The summed E-state index contributed by atoms with van der Waals surface area (Å²) < 4.78 is 48.2. The SMILES string of the molecule is CCCNC(=O)[C@@H](C)N(Cc1ccccc1F)C(=O)CN(c1ccc(OC)c(Cl)c1)S(=O)(=O)c1ccccc1. The smallest absolute Gasteiger partial charge is 0.264 e. The van der Waals surface area contributed by atoms with Crippen molar-refractivity contribution in [1.29, 1.82) is 0 Å². The quantitative estimate of drug-likeness (QED) is 0.340. The Kier molecular flexibility index (Phi) is 10.3. The maximum atomic E-state index is 14.6. The Bertz CT molecular complexity index is 1410. The van der Waals surface area contributed by atoms with Gasteiger partial charge in [0.15, 0.2) is 0 Å². The lowest BCUT2D eigenvalue weighted by molar-refractivity contribution is -0.139. The Morgan fingerprint density at radius 2 is 1.72 bits per heavy atom. The number of benzene rings is 3. The van der Waals surface area contributed by atoms with Crippen LogP contribution in [-0.4, -0.2) is 51.4 Å². The first-order chi connectivity index (χ1) is 18.6. The summed E-state index contributed by atoms with van der Waals surface area (Å²) in [6.45, 7) is 2.89. The van der Waals surface area contributed by atoms with Crippen LogP contribution in [0.25, 0.3) is 0 Å². The average molecular weight is 576 g/mol. The van der Waals surface area contributed by atoms with Crippen LogP contribution in [0.4, 0.5) is 10.1 Å². The van der Waals surface area contributed by atoms with Crippen LogP contribution in [0.15, 0.2) is 77.7 Å². The lowest BCUT2D eigenvalue weighted by Crippen LogP contribution is -2.51. The lowest BCUT2D eigenvalue weighted by atomic mass is 10.1. The number of carbonyl (C=O) groups excluding carboxylic acids is 2. The number of methoxy groups -OCH3 is 1. The summed E-state index contributed by atoms with van der Waals surface area (Å²) in [5.41, 5.74) is 0.304. The number of anilines is 1. The molecule has 2 amide bonds. The third-order valence-corrected chi connectivity index (χ3v) is 8.13. The molecule has 3 aromatic carbocycles. The van der Waals surface area contributed by atoms with E-state index in [9.17, 15) is 22.4 Å². The van der Waals surface area contributed by atoms with E-state index in [-0.39, 0.29) is 27.7 Å². The first kappa shape index (κ1) is 29.9. The molecular formula is C28H31ClFN3O5S. The van der Waals surface area contributed by atoms with E-state index >= 15 is 0 Å². The van der Waals surface area contributed by atoms with E-state index in [2.05, 4.69) is 5.32 Å². The molecule has 39 heavy (non-hydrogen) atoms. The highest BCUT2D eigenvalue weighted by molar-refractivity contribution is 7.92. The van der Waals surface area contributed by atoms with Gasteiger partial charge in [0.05, 0.1) is 22.7 Å². The fourth-order valence-corrected chi connectivity index (χ4v) is 5.53. The number of ether oxygens (including phenoxy) is 1. The molecule has 11 heteroatoms. The zero-order chi connectivity index (χ0) is 28.6. The van der Waals surface area contributed by atoms with Crippen LogP contribution < -0.4 is 14.4 Å². The summed E-state index contributed by atoms with van der Waals surface area (Å²) in [6.07, 6.45) is 0.682. The van der Waals surface area contributed by atoms with Crippen molar-refractivity contribution < 1.29 is 27.1 Å². The van der Waals surface area contributed by atoms with Crippen molar-refractivity contribution in [2.24, 2.45) is 0 Å². The van der Waals surface area contributed by atoms with Gasteiger partial charge in [-0.2, -0.15) is 0 Å². The van der Waals surface area contributed by atoms with Gasteiger partial charge in [0.2, 0.25) is 11.8 Å². The third-order valence-electron chi connectivity index (χ3n) is 6.05. The van der Waals surface area contributed by atoms with Gasteiger partial charge in [-0.15, -0.1) is 0 Å². The molecule has 0 heterocycles. The lowest BCUT2D eigenvalue weighted by Gasteiger charge is -2.32. The van der Waals surface area contributed by atoms with E-state index in [1.54, 1.807) is 24.3 Å². The van der Waals surface area contributed by atoms with E-state index in [4.69, 9.17) is 16.3 Å². The summed E-state index contributed by atoms with van der Waals surface area (Å²) >= 11 is 6.30. The van der Waals surface area contributed by atoms with Crippen molar-refractivity contribution in [2.75, 3.05) is 24.5 Å². The molecule has 0 aromatic heterocycles. The van der Waals surface area contributed by atoms with Crippen LogP contribution in [0, 0.1) is 5.82 Å². The van der Waals surface area contributed by atoms with Crippen molar-refractivity contribution in [3.05, 3.63) is 89.2 Å². The van der Waals surface area contributed by atoms with Crippen LogP contribution in [0.3, 0.4) is 0 Å². The molecule has 1 N–H and O–H groups in total. The van der Waals surface area contributed by atoms with Gasteiger partial charge in [-0.1, -0.05) is 54.9 Å². The van der Waals surface area contributed by atoms with Gasteiger partial charge in [0.1, 0.15) is 24.2 Å². The Morgan fingerprint density at radius 3 is 2.33 bits per heavy atom. The van der Waals surface area contributed by atoms with E-state index in [0.717, 1.165) is 4.31 Å². The highest BCUT2D eigenvalue weighted by atomic mass is 35.5. The van der Waals surface area contributed by atoms with Crippen molar-refractivity contribution in [2.45, 2.75) is 37.8 Å².